The van der Waals surface area contributed by atoms with Crippen molar-refractivity contribution >= 4 is 63.3 Å². The molecule has 2 aliphatic rings. The minimum absolute atomic E-state index is 0.0833. The van der Waals surface area contributed by atoms with Crippen LogP contribution in [0.2, 0.25) is 10.0 Å². The van der Waals surface area contributed by atoms with Gasteiger partial charge in [0.15, 0.2) is 5.17 Å². The molecule has 2 heterocycles. The van der Waals surface area contributed by atoms with Gasteiger partial charge in [-0.15, -0.1) is 0 Å². The molecule has 0 bridgehead atoms. The highest BCUT2D eigenvalue weighted by Gasteiger charge is 2.39. The lowest BCUT2D eigenvalue weighted by Crippen LogP contribution is -2.39. The van der Waals surface area contributed by atoms with Gasteiger partial charge < -0.3 is 10.1 Å². The summed E-state index contributed by atoms with van der Waals surface area (Å²) < 4.78 is 19.3. The molecule has 2 saturated heterocycles. The zero-order valence-electron chi connectivity index (χ0n) is 18.9. The van der Waals surface area contributed by atoms with Gasteiger partial charge in [0, 0.05) is 32.6 Å². The van der Waals surface area contributed by atoms with E-state index in [1.54, 1.807) is 35.2 Å². The number of morpholine rings is 1. The fraction of sp³-hybridized carbons (Fsp3) is 0.375. The van der Waals surface area contributed by atoms with Crippen LogP contribution in [0.5, 0.6) is 0 Å². The predicted octanol–water partition coefficient (Wildman–Crippen LogP) is 4.82. The molecule has 1 atom stereocenters. The van der Waals surface area contributed by atoms with Gasteiger partial charge in [0.25, 0.3) is 0 Å². The van der Waals surface area contributed by atoms with E-state index < -0.39 is 17.0 Å². The first-order chi connectivity index (χ1) is 16.9. The van der Waals surface area contributed by atoms with Crippen LogP contribution in [0.15, 0.2) is 47.5 Å². The van der Waals surface area contributed by atoms with E-state index in [0.29, 0.717) is 40.7 Å². The number of thioether (sulfide) groups is 1. The normalized spacial score (nSPS) is 20.0. The molecule has 2 aliphatic heterocycles. The average molecular weight is 539 g/mol. The van der Waals surface area contributed by atoms with Crippen LogP contribution >= 0.6 is 35.0 Å². The molecule has 2 fully saturated rings. The molecular formula is C24H25Cl2FN4O3S. The van der Waals surface area contributed by atoms with E-state index in [0.717, 1.165) is 26.1 Å². The molecule has 0 unspecified atom stereocenters. The summed E-state index contributed by atoms with van der Waals surface area (Å²) in [4.78, 5) is 34.4. The Morgan fingerprint density at radius 1 is 1.14 bits per heavy atom. The SMILES string of the molecule is O=C(C[C@H]1SC(=Nc2ccc(Cl)c(Cl)c2)N(CCCN2CCOCC2)C1=O)Nc1ccccc1F. The zero-order valence-corrected chi connectivity index (χ0v) is 21.2. The highest BCUT2D eigenvalue weighted by atomic mass is 35.5. The average Bonchev–Trinajstić information content (AvgIpc) is 3.12. The first kappa shape index (κ1) is 25.9. The number of carbonyl (C=O) groups is 2. The first-order valence-electron chi connectivity index (χ1n) is 11.3. The smallest absolute Gasteiger partial charge is 0.242 e. The molecule has 2 aromatic rings. The summed E-state index contributed by atoms with van der Waals surface area (Å²) in [5.41, 5.74) is 0.643. The van der Waals surface area contributed by atoms with E-state index in [4.69, 9.17) is 27.9 Å². The third-order valence-corrected chi connectivity index (χ3v) is 7.54. The number of carbonyl (C=O) groups excluding carboxylic acids is 2. The maximum Gasteiger partial charge on any atom is 0.242 e. The van der Waals surface area contributed by atoms with Crippen molar-refractivity contribution in [3.05, 3.63) is 58.3 Å². The lowest BCUT2D eigenvalue weighted by atomic mass is 10.2. The van der Waals surface area contributed by atoms with E-state index >= 15 is 0 Å². The number of hydrogen-bond acceptors (Lipinski definition) is 6. The maximum absolute atomic E-state index is 13.9. The largest absolute Gasteiger partial charge is 0.379 e. The number of para-hydroxylation sites is 1. The van der Waals surface area contributed by atoms with Crippen LogP contribution in [0.3, 0.4) is 0 Å². The molecule has 1 N–H and O–H groups in total. The van der Waals surface area contributed by atoms with Gasteiger partial charge in [-0.25, -0.2) is 9.38 Å². The van der Waals surface area contributed by atoms with Gasteiger partial charge in [0.05, 0.1) is 34.6 Å². The second-order valence-electron chi connectivity index (χ2n) is 8.13. The predicted molar refractivity (Wildman–Crippen MR) is 138 cm³/mol. The molecule has 0 radical (unpaired) electrons. The summed E-state index contributed by atoms with van der Waals surface area (Å²) in [6.45, 7) is 4.45. The molecule has 4 rings (SSSR count). The maximum atomic E-state index is 13.9. The molecule has 0 aliphatic carbocycles. The summed E-state index contributed by atoms with van der Waals surface area (Å²) in [6.07, 6.45) is 0.652. The Bertz CT molecular complexity index is 1110. The molecule has 11 heteroatoms. The van der Waals surface area contributed by atoms with E-state index in [1.165, 1.54) is 23.9 Å². The zero-order chi connectivity index (χ0) is 24.8. The number of ether oxygens (including phenoxy) is 1. The van der Waals surface area contributed by atoms with Crippen LogP contribution in [-0.2, 0) is 14.3 Å². The minimum Gasteiger partial charge on any atom is -0.379 e. The van der Waals surface area contributed by atoms with Crippen LogP contribution < -0.4 is 5.32 Å². The molecule has 2 amide bonds. The van der Waals surface area contributed by atoms with Gasteiger partial charge in [-0.1, -0.05) is 47.1 Å². The third-order valence-electron chi connectivity index (χ3n) is 5.63. The van der Waals surface area contributed by atoms with Crippen LogP contribution in [0, 0.1) is 5.82 Å². The molecule has 0 aromatic heterocycles. The fourth-order valence-corrected chi connectivity index (χ4v) is 5.28. The highest BCUT2D eigenvalue weighted by Crippen LogP contribution is 2.34. The van der Waals surface area contributed by atoms with Gasteiger partial charge in [-0.2, -0.15) is 0 Å². The Balaban J connectivity index is 1.46. The number of nitrogens with zero attached hydrogens (tertiary/aromatic N) is 3. The number of amidine groups is 1. The van der Waals surface area contributed by atoms with Crippen molar-refractivity contribution in [3.63, 3.8) is 0 Å². The molecule has 0 saturated carbocycles. The topological polar surface area (TPSA) is 74.2 Å². The molecule has 2 aromatic carbocycles. The number of aliphatic imine (C=N–C) groups is 1. The lowest BCUT2D eigenvalue weighted by molar-refractivity contribution is -0.128. The number of halogens is 3. The fourth-order valence-electron chi connectivity index (χ4n) is 3.81. The quantitative estimate of drug-likeness (QED) is 0.521. The second-order valence-corrected chi connectivity index (χ2v) is 10.1. The van der Waals surface area contributed by atoms with Crippen molar-refractivity contribution in [1.82, 2.24) is 9.80 Å². The summed E-state index contributed by atoms with van der Waals surface area (Å²) >= 11 is 13.4. The lowest BCUT2D eigenvalue weighted by Gasteiger charge is -2.27. The Morgan fingerprint density at radius 3 is 2.66 bits per heavy atom. The Labute approximate surface area is 217 Å². The number of benzene rings is 2. The summed E-state index contributed by atoms with van der Waals surface area (Å²) in [6, 6.07) is 10.9. The standard InChI is InChI=1S/C24H25Cl2FN4O3S/c25-17-7-6-16(14-18(17)26)28-24-31(9-3-8-30-10-12-34-13-11-30)23(33)21(35-24)15-22(32)29-20-5-2-1-4-19(20)27/h1-2,4-7,14,21H,3,8-13,15H2,(H,29,32)/t21-/m1/s1. The Kier molecular flexibility index (Phi) is 9.02. The van der Waals surface area contributed by atoms with Crippen LogP contribution in [-0.4, -0.2) is 71.4 Å². The summed E-state index contributed by atoms with van der Waals surface area (Å²) in [5.74, 6) is -1.16. The van der Waals surface area contributed by atoms with Crippen molar-refractivity contribution in [2.24, 2.45) is 4.99 Å². The van der Waals surface area contributed by atoms with Crippen molar-refractivity contribution in [1.29, 1.82) is 0 Å². The molecular weight excluding hydrogens is 514 g/mol. The number of amides is 2. The summed E-state index contributed by atoms with van der Waals surface area (Å²) in [5, 5.41) is 3.16. The van der Waals surface area contributed by atoms with Crippen molar-refractivity contribution < 1.29 is 18.7 Å². The van der Waals surface area contributed by atoms with Gasteiger partial charge in [-0.3, -0.25) is 19.4 Å². The minimum atomic E-state index is -0.660. The number of hydrogen-bond donors (Lipinski definition) is 1. The van der Waals surface area contributed by atoms with E-state index in [2.05, 4.69) is 15.2 Å². The van der Waals surface area contributed by atoms with E-state index in [-0.39, 0.29) is 18.0 Å². The van der Waals surface area contributed by atoms with Crippen molar-refractivity contribution in [2.75, 3.05) is 44.7 Å². The van der Waals surface area contributed by atoms with Gasteiger partial charge >= 0.3 is 0 Å². The van der Waals surface area contributed by atoms with Crippen LogP contribution in [0.1, 0.15) is 12.8 Å². The van der Waals surface area contributed by atoms with Crippen LogP contribution in [0.25, 0.3) is 0 Å². The van der Waals surface area contributed by atoms with Crippen LogP contribution in [0.4, 0.5) is 15.8 Å². The first-order valence-corrected chi connectivity index (χ1v) is 12.9. The number of rotatable bonds is 8. The van der Waals surface area contributed by atoms with Gasteiger partial charge in [0.2, 0.25) is 11.8 Å². The van der Waals surface area contributed by atoms with Gasteiger partial charge in [-0.05, 0) is 36.8 Å². The van der Waals surface area contributed by atoms with Crippen molar-refractivity contribution in [3.8, 4) is 0 Å². The molecule has 186 valence electrons. The molecule has 35 heavy (non-hydrogen) atoms. The number of nitrogens with one attached hydrogen (secondary N) is 1. The third kappa shape index (κ3) is 6.95. The monoisotopic (exact) mass is 538 g/mol. The number of anilines is 1. The Morgan fingerprint density at radius 2 is 1.91 bits per heavy atom. The summed E-state index contributed by atoms with van der Waals surface area (Å²) in [7, 11) is 0. The van der Waals surface area contributed by atoms with Gasteiger partial charge in [0.1, 0.15) is 11.1 Å². The second kappa shape index (κ2) is 12.2. The highest BCUT2D eigenvalue weighted by molar-refractivity contribution is 8.15. The van der Waals surface area contributed by atoms with E-state index in [1.807, 2.05) is 0 Å². The molecule has 0 spiro atoms. The van der Waals surface area contributed by atoms with E-state index in [9.17, 15) is 14.0 Å². The molecule has 7 nitrogen and oxygen atoms in total. The Hall–Kier alpha value is -2.17. The van der Waals surface area contributed by atoms with Crippen molar-refractivity contribution in [2.45, 2.75) is 18.1 Å².